The molecule has 0 aliphatic carbocycles. The molecule has 9 heteroatoms. The van der Waals surface area contributed by atoms with Crippen molar-refractivity contribution in [3.05, 3.63) is 33.7 Å². The van der Waals surface area contributed by atoms with Gasteiger partial charge in [-0.1, -0.05) is 6.07 Å². The van der Waals surface area contributed by atoms with Crippen LogP contribution in [0, 0.1) is 0 Å². The standard InChI is InChI=1S/C14H14N2O4S3/c17-9(4-8-2-1-3-22-8)15-10-12(18)16-11(14(19)20)7(5-21)6-23-13(10)16/h1-3,10,13,21H,4-6H2,(H,15,17)(H,19,20)/t10-,13-/m1/s1. The maximum atomic E-state index is 12.3. The topological polar surface area (TPSA) is 86.7 Å². The van der Waals surface area contributed by atoms with E-state index in [1.54, 1.807) is 0 Å². The van der Waals surface area contributed by atoms with Crippen LogP contribution in [-0.4, -0.2) is 50.7 Å². The molecule has 122 valence electrons. The highest BCUT2D eigenvalue weighted by atomic mass is 32.2. The number of thiophene rings is 1. The summed E-state index contributed by atoms with van der Waals surface area (Å²) >= 11 is 7.06. The van der Waals surface area contributed by atoms with Crippen molar-refractivity contribution >= 4 is 53.5 Å². The van der Waals surface area contributed by atoms with Gasteiger partial charge in [0.1, 0.15) is 17.1 Å². The van der Waals surface area contributed by atoms with Crippen LogP contribution in [0.4, 0.5) is 0 Å². The molecule has 0 unspecified atom stereocenters. The Labute approximate surface area is 146 Å². The first-order valence-corrected chi connectivity index (χ1v) is 9.41. The number of carboxylic acid groups (broad SMARTS) is 1. The van der Waals surface area contributed by atoms with Gasteiger partial charge in [-0.05, 0) is 17.0 Å². The van der Waals surface area contributed by atoms with Crippen molar-refractivity contribution < 1.29 is 19.5 Å². The van der Waals surface area contributed by atoms with Gasteiger partial charge < -0.3 is 10.4 Å². The highest BCUT2D eigenvalue weighted by Gasteiger charge is 2.53. The third-order valence-electron chi connectivity index (χ3n) is 3.67. The molecule has 0 aromatic carbocycles. The number of hydrogen-bond donors (Lipinski definition) is 3. The minimum atomic E-state index is -1.13. The molecular formula is C14H14N2O4S3. The maximum absolute atomic E-state index is 12.3. The van der Waals surface area contributed by atoms with E-state index in [-0.39, 0.29) is 29.3 Å². The predicted molar refractivity (Wildman–Crippen MR) is 91.6 cm³/mol. The molecule has 0 radical (unpaired) electrons. The number of carbonyl (C=O) groups excluding carboxylic acids is 2. The second kappa shape index (κ2) is 6.58. The second-order valence-electron chi connectivity index (χ2n) is 5.13. The van der Waals surface area contributed by atoms with Gasteiger partial charge in [0.2, 0.25) is 5.91 Å². The van der Waals surface area contributed by atoms with E-state index in [0.717, 1.165) is 4.88 Å². The summed E-state index contributed by atoms with van der Waals surface area (Å²) in [4.78, 5) is 37.9. The maximum Gasteiger partial charge on any atom is 0.352 e. The van der Waals surface area contributed by atoms with Crippen LogP contribution >= 0.6 is 35.7 Å². The molecule has 6 nitrogen and oxygen atoms in total. The Kier molecular flexibility index (Phi) is 4.69. The molecule has 2 amide bonds. The summed E-state index contributed by atoms with van der Waals surface area (Å²) in [6.07, 6.45) is 0.225. The Morgan fingerprint density at radius 1 is 1.48 bits per heavy atom. The fourth-order valence-corrected chi connectivity index (χ4v) is 5.06. The van der Waals surface area contributed by atoms with Gasteiger partial charge >= 0.3 is 5.97 Å². The first-order chi connectivity index (χ1) is 11.0. The van der Waals surface area contributed by atoms with E-state index in [4.69, 9.17) is 0 Å². The Morgan fingerprint density at radius 2 is 2.26 bits per heavy atom. The van der Waals surface area contributed by atoms with E-state index in [1.165, 1.54) is 28.0 Å². The van der Waals surface area contributed by atoms with Gasteiger partial charge in [0.25, 0.3) is 5.91 Å². The number of amides is 2. The van der Waals surface area contributed by atoms with Gasteiger partial charge in [0.15, 0.2) is 0 Å². The quantitative estimate of drug-likeness (QED) is 0.531. The van der Waals surface area contributed by atoms with Crippen LogP contribution in [0.15, 0.2) is 28.8 Å². The molecule has 1 saturated heterocycles. The Balaban J connectivity index is 1.69. The van der Waals surface area contributed by atoms with Crippen LogP contribution in [0.25, 0.3) is 0 Å². The van der Waals surface area contributed by atoms with Crippen LogP contribution in [0.5, 0.6) is 0 Å². The Bertz CT molecular complexity index is 686. The first kappa shape index (κ1) is 16.4. The lowest BCUT2D eigenvalue weighted by molar-refractivity contribution is -0.150. The normalized spacial score (nSPS) is 23.3. The number of nitrogens with zero attached hydrogens (tertiary/aromatic N) is 1. The van der Waals surface area contributed by atoms with Crippen molar-refractivity contribution in [2.24, 2.45) is 0 Å². The van der Waals surface area contributed by atoms with Gasteiger partial charge in [-0.15, -0.1) is 23.1 Å². The molecule has 0 saturated carbocycles. The Hall–Kier alpha value is -1.45. The number of carboxylic acids is 1. The van der Waals surface area contributed by atoms with Crippen molar-refractivity contribution in [1.29, 1.82) is 0 Å². The molecule has 1 aromatic rings. The summed E-state index contributed by atoms with van der Waals surface area (Å²) in [5.74, 6) is -0.946. The molecular weight excluding hydrogens is 356 g/mol. The summed E-state index contributed by atoms with van der Waals surface area (Å²) in [7, 11) is 0. The highest BCUT2D eigenvalue weighted by Crippen LogP contribution is 2.40. The zero-order valence-corrected chi connectivity index (χ0v) is 14.4. The van der Waals surface area contributed by atoms with E-state index >= 15 is 0 Å². The van der Waals surface area contributed by atoms with Crippen molar-refractivity contribution in [3.8, 4) is 0 Å². The van der Waals surface area contributed by atoms with Crippen LogP contribution in [-0.2, 0) is 20.8 Å². The van der Waals surface area contributed by atoms with Gasteiger partial charge in [-0.2, -0.15) is 12.6 Å². The molecule has 0 bridgehead atoms. The molecule has 1 fully saturated rings. The molecule has 2 aliphatic rings. The smallest absolute Gasteiger partial charge is 0.352 e. The number of β-lactam (4-membered cyclic amide) rings is 1. The largest absolute Gasteiger partial charge is 0.477 e. The minimum Gasteiger partial charge on any atom is -0.477 e. The van der Waals surface area contributed by atoms with E-state index in [9.17, 15) is 19.5 Å². The fourth-order valence-electron chi connectivity index (χ4n) is 2.60. The van der Waals surface area contributed by atoms with Gasteiger partial charge in [-0.25, -0.2) is 4.79 Å². The average Bonchev–Trinajstić information content (AvgIpc) is 3.03. The van der Waals surface area contributed by atoms with E-state index in [2.05, 4.69) is 17.9 Å². The van der Waals surface area contributed by atoms with Crippen molar-refractivity contribution in [1.82, 2.24) is 10.2 Å². The fraction of sp³-hybridized carbons (Fsp3) is 0.357. The van der Waals surface area contributed by atoms with Gasteiger partial charge in [0.05, 0.1) is 6.42 Å². The molecule has 23 heavy (non-hydrogen) atoms. The highest BCUT2D eigenvalue weighted by molar-refractivity contribution is 8.00. The van der Waals surface area contributed by atoms with Crippen LogP contribution in [0.1, 0.15) is 4.88 Å². The number of rotatable bonds is 5. The second-order valence-corrected chi connectivity index (χ2v) is 7.58. The average molecular weight is 370 g/mol. The summed E-state index contributed by atoms with van der Waals surface area (Å²) in [6.45, 7) is 0. The zero-order valence-electron chi connectivity index (χ0n) is 11.9. The van der Waals surface area contributed by atoms with Crippen LogP contribution in [0.3, 0.4) is 0 Å². The number of nitrogens with one attached hydrogen (secondary N) is 1. The lowest BCUT2D eigenvalue weighted by atomic mass is 10.0. The number of thiol groups is 1. The monoisotopic (exact) mass is 370 g/mol. The van der Waals surface area contributed by atoms with Crippen LogP contribution in [0.2, 0.25) is 0 Å². The van der Waals surface area contributed by atoms with E-state index < -0.39 is 12.0 Å². The van der Waals surface area contributed by atoms with E-state index in [1.807, 2.05) is 17.5 Å². The number of aliphatic carboxylic acids is 1. The summed E-state index contributed by atoms with van der Waals surface area (Å²) < 4.78 is 0. The Morgan fingerprint density at radius 3 is 2.87 bits per heavy atom. The molecule has 1 aromatic heterocycles. The van der Waals surface area contributed by atoms with Crippen molar-refractivity contribution in [2.75, 3.05) is 11.5 Å². The van der Waals surface area contributed by atoms with Crippen LogP contribution < -0.4 is 5.32 Å². The molecule has 0 spiro atoms. The number of carbonyl (C=O) groups is 3. The van der Waals surface area contributed by atoms with Crippen molar-refractivity contribution in [3.63, 3.8) is 0 Å². The lowest BCUT2D eigenvalue weighted by Crippen LogP contribution is -2.70. The molecule has 3 heterocycles. The van der Waals surface area contributed by atoms with Gasteiger partial charge in [-0.3, -0.25) is 14.5 Å². The number of fused-ring (bicyclic) bond motifs is 1. The SMILES string of the molecule is O=C(Cc1cccs1)N[C@@H]1C(=O)N2C(C(=O)O)=C(CS)CS[C@H]12. The summed E-state index contributed by atoms with van der Waals surface area (Å²) in [5.41, 5.74) is 0.635. The third-order valence-corrected chi connectivity index (χ3v) is 6.27. The summed E-state index contributed by atoms with van der Waals surface area (Å²) in [5, 5.41) is 13.6. The number of thioether (sulfide) groups is 1. The predicted octanol–water partition coefficient (Wildman–Crippen LogP) is 0.959. The summed E-state index contributed by atoms with van der Waals surface area (Å²) in [6, 6.07) is 3.06. The minimum absolute atomic E-state index is 0.0116. The third kappa shape index (κ3) is 3.00. The van der Waals surface area contributed by atoms with E-state index in [0.29, 0.717) is 17.1 Å². The van der Waals surface area contributed by atoms with Gasteiger partial charge in [0, 0.05) is 16.4 Å². The first-order valence-electron chi connectivity index (χ1n) is 6.85. The zero-order chi connectivity index (χ0) is 16.6. The van der Waals surface area contributed by atoms with Crippen molar-refractivity contribution in [2.45, 2.75) is 17.8 Å². The number of hydrogen-bond acceptors (Lipinski definition) is 6. The molecule has 2 aliphatic heterocycles. The molecule has 2 atom stereocenters. The molecule has 2 N–H and O–H groups in total. The lowest BCUT2D eigenvalue weighted by Gasteiger charge is -2.49. The molecule has 3 rings (SSSR count).